The van der Waals surface area contributed by atoms with Gasteiger partial charge in [0.1, 0.15) is 4.88 Å². The molecule has 0 aliphatic carbocycles. The fraction of sp³-hybridized carbons (Fsp3) is 0.250. The molecular formula is C16H17N3O4S. The first-order valence-corrected chi connectivity index (χ1v) is 8.06. The second-order valence-electron chi connectivity index (χ2n) is 4.87. The molecule has 1 aromatic heterocycles. The number of benzene rings is 1. The number of hydrogen-bond donors (Lipinski definition) is 2. The molecule has 126 valence electrons. The first-order valence-electron chi connectivity index (χ1n) is 7.24. The Morgan fingerprint density at radius 3 is 2.42 bits per heavy atom. The number of rotatable bonds is 5. The van der Waals surface area contributed by atoms with Crippen molar-refractivity contribution in [1.29, 1.82) is 0 Å². The van der Waals surface area contributed by atoms with Crippen LogP contribution in [0.25, 0.3) is 0 Å². The van der Waals surface area contributed by atoms with E-state index in [4.69, 9.17) is 4.74 Å². The lowest BCUT2D eigenvalue weighted by atomic mass is 10.2. The molecular weight excluding hydrogens is 330 g/mol. The molecule has 0 radical (unpaired) electrons. The zero-order valence-corrected chi connectivity index (χ0v) is 14.3. The first-order chi connectivity index (χ1) is 11.4. The normalized spacial score (nSPS) is 10.1. The lowest BCUT2D eigenvalue weighted by Gasteiger charge is -2.04. The second kappa shape index (κ2) is 7.69. The van der Waals surface area contributed by atoms with Crippen LogP contribution >= 0.6 is 11.3 Å². The van der Waals surface area contributed by atoms with Crippen LogP contribution in [0.1, 0.15) is 39.6 Å². The van der Waals surface area contributed by atoms with Crippen molar-refractivity contribution in [3.63, 3.8) is 0 Å². The van der Waals surface area contributed by atoms with Crippen LogP contribution in [0.5, 0.6) is 0 Å². The molecule has 2 N–H and O–H groups in total. The number of nitrogens with zero attached hydrogens (tertiary/aromatic N) is 1. The number of hydrogen-bond acceptors (Lipinski definition) is 6. The quantitative estimate of drug-likeness (QED) is 0.811. The van der Waals surface area contributed by atoms with Gasteiger partial charge in [0, 0.05) is 18.2 Å². The van der Waals surface area contributed by atoms with Gasteiger partial charge in [0.15, 0.2) is 5.13 Å². The van der Waals surface area contributed by atoms with Gasteiger partial charge in [-0.1, -0.05) is 11.3 Å². The van der Waals surface area contributed by atoms with Crippen molar-refractivity contribution in [3.8, 4) is 0 Å². The number of aryl methyl sites for hydroxylation is 1. The van der Waals surface area contributed by atoms with E-state index in [1.165, 1.54) is 6.92 Å². The van der Waals surface area contributed by atoms with Gasteiger partial charge in [-0.05, 0) is 38.1 Å². The van der Waals surface area contributed by atoms with Gasteiger partial charge in [0.25, 0.3) is 5.91 Å². The summed E-state index contributed by atoms with van der Waals surface area (Å²) in [5.41, 5.74) is 1.53. The van der Waals surface area contributed by atoms with Crippen LogP contribution in [0.15, 0.2) is 24.3 Å². The molecule has 0 fully saturated rings. The zero-order chi connectivity index (χ0) is 17.7. The molecule has 7 nitrogen and oxygen atoms in total. The Morgan fingerprint density at radius 1 is 1.17 bits per heavy atom. The van der Waals surface area contributed by atoms with E-state index in [0.29, 0.717) is 27.0 Å². The predicted octanol–water partition coefficient (Wildman–Crippen LogP) is 2.84. The number of carbonyl (C=O) groups is 3. The Labute approximate surface area is 143 Å². The van der Waals surface area contributed by atoms with Gasteiger partial charge in [0.2, 0.25) is 5.91 Å². The van der Waals surface area contributed by atoms with Gasteiger partial charge in [-0.2, -0.15) is 0 Å². The molecule has 0 aliphatic heterocycles. The van der Waals surface area contributed by atoms with Crippen molar-refractivity contribution in [3.05, 3.63) is 40.4 Å². The third-order valence-electron chi connectivity index (χ3n) is 2.95. The van der Waals surface area contributed by atoms with E-state index in [1.807, 2.05) is 0 Å². The minimum atomic E-state index is -0.451. The molecule has 2 rings (SSSR count). The van der Waals surface area contributed by atoms with Crippen LogP contribution in [0.4, 0.5) is 10.8 Å². The van der Waals surface area contributed by atoms with Crippen LogP contribution in [-0.4, -0.2) is 29.4 Å². The van der Waals surface area contributed by atoms with Crippen LogP contribution in [0.2, 0.25) is 0 Å². The largest absolute Gasteiger partial charge is 0.462 e. The molecule has 0 aliphatic rings. The van der Waals surface area contributed by atoms with E-state index in [2.05, 4.69) is 15.6 Å². The minimum absolute atomic E-state index is 0.183. The van der Waals surface area contributed by atoms with Crippen molar-refractivity contribution in [1.82, 2.24) is 4.98 Å². The molecule has 8 heteroatoms. The Kier molecular flexibility index (Phi) is 5.64. The number of aromatic nitrogens is 1. The smallest absolute Gasteiger partial charge is 0.350 e. The maximum Gasteiger partial charge on any atom is 0.350 e. The summed E-state index contributed by atoms with van der Waals surface area (Å²) in [5, 5.41) is 5.60. The Morgan fingerprint density at radius 2 is 1.83 bits per heavy atom. The van der Waals surface area contributed by atoms with Crippen molar-refractivity contribution >= 4 is 39.9 Å². The van der Waals surface area contributed by atoms with E-state index in [1.54, 1.807) is 38.1 Å². The summed E-state index contributed by atoms with van der Waals surface area (Å²) in [4.78, 5) is 39.5. The predicted molar refractivity (Wildman–Crippen MR) is 91.5 cm³/mol. The lowest BCUT2D eigenvalue weighted by Crippen LogP contribution is -2.12. The number of nitrogens with one attached hydrogen (secondary N) is 2. The topological polar surface area (TPSA) is 97.4 Å². The summed E-state index contributed by atoms with van der Waals surface area (Å²) < 4.78 is 4.94. The van der Waals surface area contributed by atoms with E-state index in [9.17, 15) is 14.4 Å². The highest BCUT2D eigenvalue weighted by Crippen LogP contribution is 2.24. The van der Waals surface area contributed by atoms with Crippen LogP contribution in [-0.2, 0) is 9.53 Å². The molecule has 0 bridgehead atoms. The summed E-state index contributed by atoms with van der Waals surface area (Å²) in [6.07, 6.45) is 0. The van der Waals surface area contributed by atoms with Crippen molar-refractivity contribution in [2.75, 3.05) is 17.2 Å². The fourth-order valence-electron chi connectivity index (χ4n) is 1.91. The number of anilines is 2. The highest BCUT2D eigenvalue weighted by atomic mass is 32.1. The van der Waals surface area contributed by atoms with E-state index in [-0.39, 0.29) is 18.4 Å². The van der Waals surface area contributed by atoms with Gasteiger partial charge >= 0.3 is 5.97 Å². The van der Waals surface area contributed by atoms with Gasteiger partial charge in [0.05, 0.1) is 12.3 Å². The van der Waals surface area contributed by atoms with Crippen molar-refractivity contribution < 1.29 is 19.1 Å². The number of esters is 1. The van der Waals surface area contributed by atoms with Gasteiger partial charge in [-0.15, -0.1) is 0 Å². The third kappa shape index (κ3) is 4.39. The molecule has 1 aromatic carbocycles. The monoisotopic (exact) mass is 347 g/mol. The van der Waals surface area contributed by atoms with Crippen LogP contribution < -0.4 is 10.6 Å². The molecule has 0 unspecified atom stereocenters. The average Bonchev–Trinajstić information content (AvgIpc) is 2.88. The van der Waals surface area contributed by atoms with Crippen LogP contribution in [0.3, 0.4) is 0 Å². The maximum atomic E-state index is 12.2. The second-order valence-corrected chi connectivity index (χ2v) is 5.87. The number of thiazole rings is 1. The molecule has 24 heavy (non-hydrogen) atoms. The molecule has 2 aromatic rings. The first kappa shape index (κ1) is 17.6. The SMILES string of the molecule is CCOC(=O)c1sc(NC(=O)c2ccc(NC(C)=O)cc2)nc1C. The molecule has 0 spiro atoms. The number of amides is 2. The number of carbonyl (C=O) groups excluding carboxylic acids is 3. The number of ether oxygens (including phenoxy) is 1. The molecule has 0 atom stereocenters. The summed E-state index contributed by atoms with van der Waals surface area (Å²) in [5.74, 6) is -0.988. The minimum Gasteiger partial charge on any atom is -0.462 e. The van der Waals surface area contributed by atoms with E-state index >= 15 is 0 Å². The molecule has 0 saturated carbocycles. The Bertz CT molecular complexity index is 768. The summed E-state index contributed by atoms with van der Waals surface area (Å²) in [7, 11) is 0. The molecule has 0 saturated heterocycles. The average molecular weight is 347 g/mol. The zero-order valence-electron chi connectivity index (χ0n) is 13.5. The highest BCUT2D eigenvalue weighted by Gasteiger charge is 2.18. The molecule has 2 amide bonds. The van der Waals surface area contributed by atoms with Crippen molar-refractivity contribution in [2.45, 2.75) is 20.8 Å². The van der Waals surface area contributed by atoms with E-state index in [0.717, 1.165) is 11.3 Å². The lowest BCUT2D eigenvalue weighted by molar-refractivity contribution is -0.114. The van der Waals surface area contributed by atoms with Gasteiger partial charge < -0.3 is 10.1 Å². The van der Waals surface area contributed by atoms with E-state index < -0.39 is 5.97 Å². The summed E-state index contributed by atoms with van der Waals surface area (Å²) in [6.45, 7) is 5.09. The Hall–Kier alpha value is -2.74. The summed E-state index contributed by atoms with van der Waals surface area (Å²) in [6, 6.07) is 6.45. The summed E-state index contributed by atoms with van der Waals surface area (Å²) >= 11 is 1.07. The Balaban J connectivity index is 2.08. The van der Waals surface area contributed by atoms with Gasteiger partial charge in [-0.3, -0.25) is 14.9 Å². The molecule has 1 heterocycles. The maximum absolute atomic E-state index is 12.2. The van der Waals surface area contributed by atoms with Crippen LogP contribution in [0, 0.1) is 6.92 Å². The van der Waals surface area contributed by atoms with Crippen molar-refractivity contribution in [2.24, 2.45) is 0 Å². The standard InChI is InChI=1S/C16H17N3O4S/c1-4-23-15(22)13-9(2)17-16(24-13)19-14(21)11-5-7-12(8-6-11)18-10(3)20/h5-8H,4H2,1-3H3,(H,18,20)(H,17,19,21). The highest BCUT2D eigenvalue weighted by molar-refractivity contribution is 7.17. The third-order valence-corrected chi connectivity index (χ3v) is 4.00. The van der Waals surface area contributed by atoms with Gasteiger partial charge in [-0.25, -0.2) is 9.78 Å². The fourth-order valence-corrected chi connectivity index (χ4v) is 2.77.